The van der Waals surface area contributed by atoms with Crippen molar-refractivity contribution in [1.29, 1.82) is 5.26 Å². The fourth-order valence-electron chi connectivity index (χ4n) is 4.51. The van der Waals surface area contributed by atoms with E-state index in [1.54, 1.807) is 36.1 Å². The Hall–Kier alpha value is -3.34. The Balaban J connectivity index is 2.01. The minimum absolute atomic E-state index is 0.0690. The number of nitrogens with one attached hydrogen (secondary N) is 2. The number of piperidine rings is 1. The maximum atomic E-state index is 12.8. The largest absolute Gasteiger partial charge is 0.394 e. The molecule has 0 spiro atoms. The number of nitrogens with zero attached hydrogens (tertiary/aromatic N) is 5. The van der Waals surface area contributed by atoms with Crippen molar-refractivity contribution in [2.24, 2.45) is 0 Å². The molecule has 0 radical (unpaired) electrons. The summed E-state index contributed by atoms with van der Waals surface area (Å²) in [6.45, 7) is 2.83. The summed E-state index contributed by atoms with van der Waals surface area (Å²) in [5.41, 5.74) is 0.660. The van der Waals surface area contributed by atoms with Gasteiger partial charge in [0.2, 0.25) is 15.9 Å². The first-order valence-electron chi connectivity index (χ1n) is 12.4. The van der Waals surface area contributed by atoms with Gasteiger partial charge < -0.3 is 15.5 Å². The normalized spacial score (nSPS) is 16.2. The highest BCUT2D eigenvalue weighted by Crippen LogP contribution is 2.38. The van der Waals surface area contributed by atoms with Crippen molar-refractivity contribution < 1.29 is 18.0 Å². The molecule has 39 heavy (non-hydrogen) atoms. The van der Waals surface area contributed by atoms with E-state index in [-0.39, 0.29) is 28.3 Å². The van der Waals surface area contributed by atoms with Gasteiger partial charge in [0.1, 0.15) is 0 Å². The predicted molar refractivity (Wildman–Crippen MR) is 153 cm³/mol. The average molecular weight is 574 g/mol. The number of carbonyl (C=O) groups is 2. The molecule has 3 rings (SSSR count). The number of benzene rings is 1. The van der Waals surface area contributed by atoms with Crippen LogP contribution in [0.25, 0.3) is 6.08 Å². The predicted octanol–water partition coefficient (Wildman–Crippen LogP) is 2.86. The third-order valence-corrected chi connectivity index (χ3v) is 9.68. The lowest BCUT2D eigenvalue weighted by molar-refractivity contribution is -0.132. The molecule has 1 amide bonds. The Morgan fingerprint density at radius 3 is 2.44 bits per heavy atom. The molecule has 1 aromatic heterocycles. The van der Waals surface area contributed by atoms with Crippen molar-refractivity contribution in [3.8, 4) is 6.07 Å². The zero-order valence-electron chi connectivity index (χ0n) is 22.8. The maximum absolute atomic E-state index is 12.8. The highest BCUT2D eigenvalue weighted by Gasteiger charge is 2.41. The van der Waals surface area contributed by atoms with Crippen LogP contribution in [0, 0.1) is 11.3 Å². The van der Waals surface area contributed by atoms with Gasteiger partial charge in [0, 0.05) is 39.9 Å². The summed E-state index contributed by atoms with van der Waals surface area (Å²) in [6.07, 6.45) is 7.20. The van der Waals surface area contributed by atoms with E-state index in [1.165, 1.54) is 38.0 Å². The summed E-state index contributed by atoms with van der Waals surface area (Å²) in [6, 6.07) is 8.46. The quantitative estimate of drug-likeness (QED) is 0.388. The number of likely N-dealkylation sites (tertiary alicyclic amines) is 1. The molecule has 13 heteroatoms. The zero-order valence-corrected chi connectivity index (χ0v) is 24.5. The number of aldehydes is 1. The fourth-order valence-corrected chi connectivity index (χ4v) is 5.76. The number of hydrogen-bond donors (Lipinski definition) is 2. The Morgan fingerprint density at radius 2 is 1.92 bits per heavy atom. The van der Waals surface area contributed by atoms with Gasteiger partial charge in [-0.25, -0.2) is 12.7 Å². The van der Waals surface area contributed by atoms with Gasteiger partial charge >= 0.3 is 0 Å². The summed E-state index contributed by atoms with van der Waals surface area (Å²) in [4.78, 5) is 27.1. The van der Waals surface area contributed by atoms with Crippen LogP contribution in [0.1, 0.15) is 42.2 Å². The van der Waals surface area contributed by atoms with E-state index in [0.29, 0.717) is 49.2 Å². The van der Waals surface area contributed by atoms with Crippen LogP contribution in [0.4, 0.5) is 11.5 Å². The lowest BCUT2D eigenvalue weighted by Crippen LogP contribution is -2.50. The summed E-state index contributed by atoms with van der Waals surface area (Å²) in [7, 11) is 1.08. The molecule has 0 bridgehead atoms. The van der Waals surface area contributed by atoms with Crippen LogP contribution in [-0.4, -0.2) is 85.3 Å². The van der Waals surface area contributed by atoms with Crippen LogP contribution < -0.4 is 10.6 Å². The molecule has 1 aliphatic heterocycles. The lowest BCUT2D eigenvalue weighted by atomic mass is 9.84. The van der Waals surface area contributed by atoms with Crippen LogP contribution in [-0.2, 0) is 20.4 Å². The minimum atomic E-state index is -3.59. The topological polar surface area (TPSA) is 140 Å². The SMILES string of the molecule is CN/C=C\c1c(C=O)c(Nc2ccc(S(=O)(=O)N(C)C)cc2)nn1C1(CC#N)CCN(C(=O)C(C)SC)CC1. The number of nitriles is 1. The third kappa shape index (κ3) is 6.29. The van der Waals surface area contributed by atoms with Gasteiger partial charge in [0.15, 0.2) is 12.1 Å². The number of sulfonamides is 1. The number of amides is 1. The molecule has 11 nitrogen and oxygen atoms in total. The van der Waals surface area contributed by atoms with E-state index in [4.69, 9.17) is 5.10 Å². The average Bonchev–Trinajstić information content (AvgIpc) is 3.29. The van der Waals surface area contributed by atoms with E-state index < -0.39 is 15.6 Å². The Kier molecular flexibility index (Phi) is 9.82. The summed E-state index contributed by atoms with van der Waals surface area (Å²) >= 11 is 1.50. The number of rotatable bonds is 11. The van der Waals surface area contributed by atoms with E-state index in [0.717, 1.165) is 4.31 Å². The Labute approximate surface area is 234 Å². The molecule has 0 saturated carbocycles. The first kappa shape index (κ1) is 30.2. The molecular weight excluding hydrogens is 538 g/mol. The van der Waals surface area contributed by atoms with Crippen molar-refractivity contribution in [3.05, 3.63) is 41.7 Å². The van der Waals surface area contributed by atoms with Gasteiger partial charge in [-0.3, -0.25) is 14.3 Å². The summed E-state index contributed by atoms with van der Waals surface area (Å²) < 4.78 is 27.7. The summed E-state index contributed by atoms with van der Waals surface area (Å²) in [5, 5.41) is 20.5. The minimum Gasteiger partial charge on any atom is -0.394 e. The number of hydrogen-bond acceptors (Lipinski definition) is 9. The molecule has 2 N–H and O–H groups in total. The van der Waals surface area contributed by atoms with Crippen molar-refractivity contribution in [1.82, 2.24) is 24.3 Å². The van der Waals surface area contributed by atoms with Crippen LogP contribution in [0.5, 0.6) is 0 Å². The monoisotopic (exact) mass is 573 g/mol. The Morgan fingerprint density at radius 1 is 1.28 bits per heavy atom. The van der Waals surface area contributed by atoms with E-state index in [1.807, 2.05) is 18.1 Å². The molecule has 0 aliphatic carbocycles. The second-order valence-corrected chi connectivity index (χ2v) is 12.8. The van der Waals surface area contributed by atoms with E-state index >= 15 is 0 Å². The van der Waals surface area contributed by atoms with Crippen LogP contribution >= 0.6 is 11.8 Å². The highest BCUT2D eigenvalue weighted by molar-refractivity contribution is 7.99. The first-order chi connectivity index (χ1) is 18.5. The van der Waals surface area contributed by atoms with Crippen molar-refractivity contribution in [3.63, 3.8) is 0 Å². The van der Waals surface area contributed by atoms with Gasteiger partial charge in [0.25, 0.3) is 0 Å². The molecular formula is C26H35N7O4S2. The first-order valence-corrected chi connectivity index (χ1v) is 15.2. The molecule has 2 aromatic rings. The van der Waals surface area contributed by atoms with Crippen molar-refractivity contribution in [2.45, 2.75) is 41.9 Å². The van der Waals surface area contributed by atoms with Gasteiger partial charge in [-0.05, 0) is 62.6 Å². The second kappa shape index (κ2) is 12.7. The molecule has 210 valence electrons. The molecule has 1 unspecified atom stereocenters. The van der Waals surface area contributed by atoms with Gasteiger partial charge in [-0.1, -0.05) is 0 Å². The number of anilines is 2. The Bertz CT molecular complexity index is 1350. The van der Waals surface area contributed by atoms with Crippen LogP contribution in [0.3, 0.4) is 0 Å². The number of thioether (sulfide) groups is 1. The summed E-state index contributed by atoms with van der Waals surface area (Å²) in [5.74, 6) is 0.357. The molecule has 1 atom stereocenters. The second-order valence-electron chi connectivity index (χ2n) is 9.50. The van der Waals surface area contributed by atoms with Crippen molar-refractivity contribution in [2.75, 3.05) is 45.8 Å². The van der Waals surface area contributed by atoms with Crippen LogP contribution in [0.2, 0.25) is 0 Å². The van der Waals surface area contributed by atoms with Crippen LogP contribution in [0.15, 0.2) is 35.4 Å². The molecule has 1 saturated heterocycles. The van der Waals surface area contributed by atoms with E-state index in [2.05, 4.69) is 16.7 Å². The third-order valence-electron chi connectivity index (χ3n) is 6.95. The molecule has 1 aromatic carbocycles. The highest BCUT2D eigenvalue weighted by atomic mass is 32.2. The van der Waals surface area contributed by atoms with E-state index in [9.17, 15) is 23.3 Å². The van der Waals surface area contributed by atoms with Crippen molar-refractivity contribution >= 4 is 51.6 Å². The van der Waals surface area contributed by atoms with Gasteiger partial charge in [-0.15, -0.1) is 0 Å². The molecule has 2 heterocycles. The molecule has 1 aliphatic rings. The zero-order chi connectivity index (χ0) is 28.8. The number of carbonyl (C=O) groups excluding carboxylic acids is 2. The smallest absolute Gasteiger partial charge is 0.242 e. The number of aromatic nitrogens is 2. The van der Waals surface area contributed by atoms with Gasteiger partial charge in [0.05, 0.1) is 39.4 Å². The fraction of sp³-hybridized carbons (Fsp3) is 0.462. The molecule has 1 fully saturated rings. The lowest BCUT2D eigenvalue weighted by Gasteiger charge is -2.42. The maximum Gasteiger partial charge on any atom is 0.242 e. The standard InChI is InChI=1S/C26H35N7O4S2/c1-19(38-5)25(35)32-16-12-26(11-14-27,13-17-32)33-23(10-15-28-2)22(18-34)24(30-33)29-20-6-8-21(9-7-20)39(36,37)31(3)4/h6-10,15,18-19,28H,11-13,16-17H2,1-5H3,(H,29,30)/b15-10-. The van der Waals surface area contributed by atoms with Gasteiger partial charge in [-0.2, -0.15) is 22.1 Å².